The maximum Gasteiger partial charge on any atom is 0.320 e. The minimum atomic E-state index is -0.114. The zero-order valence-corrected chi connectivity index (χ0v) is 10.9. The fourth-order valence-electron chi connectivity index (χ4n) is 1.97. The van der Waals surface area contributed by atoms with E-state index in [1.807, 2.05) is 6.92 Å². The molecule has 1 aromatic rings. The third-order valence-electron chi connectivity index (χ3n) is 2.85. The number of piperazine rings is 1. The Hall–Kier alpha value is -1.07. The van der Waals surface area contributed by atoms with Crippen LogP contribution in [0, 0.1) is 0 Å². The van der Waals surface area contributed by atoms with Crippen molar-refractivity contribution in [1.29, 1.82) is 0 Å². The van der Waals surface area contributed by atoms with Crippen molar-refractivity contribution in [3.8, 4) is 0 Å². The Morgan fingerprint density at radius 1 is 1.41 bits per heavy atom. The van der Waals surface area contributed by atoms with Crippen LogP contribution in [0.2, 0.25) is 0 Å². The summed E-state index contributed by atoms with van der Waals surface area (Å²) < 4.78 is 4.95. The zero-order valence-electron chi connectivity index (χ0n) is 10.1. The Kier molecular flexibility index (Phi) is 4.39. The van der Waals surface area contributed by atoms with Crippen LogP contribution in [0.5, 0.6) is 0 Å². The number of hydrogen-bond donors (Lipinski definition) is 0. The molecular weight excluding hydrogens is 236 g/mol. The van der Waals surface area contributed by atoms with E-state index in [4.69, 9.17) is 4.74 Å². The van der Waals surface area contributed by atoms with Gasteiger partial charge < -0.3 is 9.64 Å². The van der Waals surface area contributed by atoms with Crippen LogP contribution >= 0.6 is 11.3 Å². The van der Waals surface area contributed by atoms with Crippen LogP contribution in [0.15, 0.2) is 17.5 Å². The Bertz CT molecular complexity index is 345. The van der Waals surface area contributed by atoms with Crippen LogP contribution in [0.3, 0.4) is 0 Å². The van der Waals surface area contributed by atoms with Gasteiger partial charge >= 0.3 is 5.97 Å². The Labute approximate surface area is 106 Å². The van der Waals surface area contributed by atoms with Crippen LogP contribution in [0.4, 0.5) is 5.00 Å². The number of ether oxygens (including phenoxy) is 1. The highest BCUT2D eigenvalue weighted by molar-refractivity contribution is 7.14. The van der Waals surface area contributed by atoms with Gasteiger partial charge in [0.25, 0.3) is 0 Å². The number of anilines is 1. The summed E-state index contributed by atoms with van der Waals surface area (Å²) >= 11 is 1.77. The zero-order chi connectivity index (χ0) is 12.1. The van der Waals surface area contributed by atoms with Crippen LogP contribution in [-0.4, -0.2) is 50.2 Å². The van der Waals surface area contributed by atoms with Gasteiger partial charge in [-0.15, -0.1) is 11.3 Å². The van der Waals surface area contributed by atoms with E-state index in [1.54, 1.807) is 11.3 Å². The fraction of sp³-hybridized carbons (Fsp3) is 0.583. The standard InChI is InChI=1S/C12H18N2O2S/c1-2-16-12(15)10-13-5-7-14(8-6-13)11-4-3-9-17-11/h3-4,9H,2,5-8,10H2,1H3. The van der Waals surface area contributed by atoms with Gasteiger partial charge in [0.05, 0.1) is 18.2 Å². The van der Waals surface area contributed by atoms with Crippen molar-refractivity contribution in [3.05, 3.63) is 17.5 Å². The molecule has 1 aliphatic heterocycles. The predicted molar refractivity (Wildman–Crippen MR) is 69.6 cm³/mol. The minimum Gasteiger partial charge on any atom is -0.465 e. The summed E-state index contributed by atoms with van der Waals surface area (Å²) in [6.07, 6.45) is 0. The summed E-state index contributed by atoms with van der Waals surface area (Å²) in [5, 5.41) is 3.42. The highest BCUT2D eigenvalue weighted by Crippen LogP contribution is 2.22. The average Bonchev–Trinajstić information content (AvgIpc) is 2.84. The van der Waals surface area contributed by atoms with Gasteiger partial charge in [-0.05, 0) is 24.4 Å². The van der Waals surface area contributed by atoms with Crippen LogP contribution in [0.1, 0.15) is 6.92 Å². The lowest BCUT2D eigenvalue weighted by molar-refractivity contribution is -0.144. The van der Waals surface area contributed by atoms with Crippen molar-refractivity contribution in [3.63, 3.8) is 0 Å². The molecule has 1 fully saturated rings. The molecule has 0 spiro atoms. The highest BCUT2D eigenvalue weighted by atomic mass is 32.1. The first-order valence-electron chi connectivity index (χ1n) is 5.96. The first kappa shape index (κ1) is 12.4. The van der Waals surface area contributed by atoms with Crippen molar-refractivity contribution in [2.45, 2.75) is 6.92 Å². The van der Waals surface area contributed by atoms with E-state index in [9.17, 15) is 4.79 Å². The van der Waals surface area contributed by atoms with Crippen molar-refractivity contribution < 1.29 is 9.53 Å². The van der Waals surface area contributed by atoms with Gasteiger partial charge in [0.15, 0.2) is 0 Å². The lowest BCUT2D eigenvalue weighted by Gasteiger charge is -2.34. The molecule has 17 heavy (non-hydrogen) atoms. The second kappa shape index (κ2) is 6.02. The normalized spacial score (nSPS) is 17.1. The van der Waals surface area contributed by atoms with E-state index < -0.39 is 0 Å². The molecule has 0 amide bonds. The third kappa shape index (κ3) is 3.44. The van der Waals surface area contributed by atoms with Crippen molar-refractivity contribution in [2.75, 3.05) is 44.2 Å². The highest BCUT2D eigenvalue weighted by Gasteiger charge is 2.19. The molecule has 4 nitrogen and oxygen atoms in total. The molecule has 1 saturated heterocycles. The molecule has 1 aromatic heterocycles. The number of carbonyl (C=O) groups is 1. The van der Waals surface area contributed by atoms with E-state index in [-0.39, 0.29) is 5.97 Å². The molecule has 0 unspecified atom stereocenters. The molecule has 0 N–H and O–H groups in total. The number of nitrogens with zero attached hydrogens (tertiary/aromatic N) is 2. The first-order valence-corrected chi connectivity index (χ1v) is 6.84. The van der Waals surface area contributed by atoms with E-state index in [0.29, 0.717) is 13.2 Å². The summed E-state index contributed by atoms with van der Waals surface area (Å²) in [4.78, 5) is 15.9. The Morgan fingerprint density at radius 3 is 2.76 bits per heavy atom. The lowest BCUT2D eigenvalue weighted by Crippen LogP contribution is -2.48. The second-order valence-electron chi connectivity index (χ2n) is 4.02. The van der Waals surface area contributed by atoms with Crippen molar-refractivity contribution in [1.82, 2.24) is 4.90 Å². The summed E-state index contributed by atoms with van der Waals surface area (Å²) in [6.45, 7) is 6.56. The minimum absolute atomic E-state index is 0.114. The predicted octanol–water partition coefficient (Wildman–Crippen LogP) is 1.43. The van der Waals surface area contributed by atoms with Crippen molar-refractivity contribution >= 4 is 22.3 Å². The topological polar surface area (TPSA) is 32.8 Å². The first-order chi connectivity index (χ1) is 8.29. The molecule has 1 aliphatic rings. The van der Waals surface area contributed by atoms with E-state index in [2.05, 4.69) is 27.3 Å². The maximum atomic E-state index is 11.3. The molecule has 94 valence electrons. The Balaban J connectivity index is 1.76. The molecule has 2 heterocycles. The lowest BCUT2D eigenvalue weighted by atomic mass is 10.3. The molecule has 2 rings (SSSR count). The molecule has 0 aliphatic carbocycles. The third-order valence-corrected chi connectivity index (χ3v) is 3.78. The molecule has 0 atom stereocenters. The summed E-state index contributed by atoms with van der Waals surface area (Å²) in [7, 11) is 0. The van der Waals surface area contributed by atoms with Gasteiger partial charge in [-0.2, -0.15) is 0 Å². The fourth-order valence-corrected chi connectivity index (χ4v) is 2.75. The van der Waals surface area contributed by atoms with Crippen LogP contribution < -0.4 is 4.90 Å². The number of rotatable bonds is 4. The molecule has 5 heteroatoms. The van der Waals surface area contributed by atoms with Gasteiger partial charge in [-0.25, -0.2) is 0 Å². The van der Waals surface area contributed by atoms with Gasteiger partial charge in [-0.1, -0.05) is 0 Å². The van der Waals surface area contributed by atoms with Gasteiger partial charge in [0.2, 0.25) is 0 Å². The van der Waals surface area contributed by atoms with Gasteiger partial charge in [0, 0.05) is 26.2 Å². The number of esters is 1. The Morgan fingerprint density at radius 2 is 2.18 bits per heavy atom. The quantitative estimate of drug-likeness (QED) is 0.761. The average molecular weight is 254 g/mol. The number of thiophene rings is 1. The van der Waals surface area contributed by atoms with Crippen LogP contribution in [0.25, 0.3) is 0 Å². The van der Waals surface area contributed by atoms with Gasteiger partial charge in [0.1, 0.15) is 0 Å². The van der Waals surface area contributed by atoms with E-state index in [0.717, 1.165) is 26.2 Å². The van der Waals surface area contributed by atoms with E-state index >= 15 is 0 Å². The molecule has 0 saturated carbocycles. The monoisotopic (exact) mass is 254 g/mol. The summed E-state index contributed by atoms with van der Waals surface area (Å²) in [5.41, 5.74) is 0. The number of carbonyl (C=O) groups excluding carboxylic acids is 1. The SMILES string of the molecule is CCOC(=O)CN1CCN(c2cccs2)CC1. The van der Waals surface area contributed by atoms with E-state index in [1.165, 1.54) is 5.00 Å². The van der Waals surface area contributed by atoms with Crippen LogP contribution in [-0.2, 0) is 9.53 Å². The van der Waals surface area contributed by atoms with Gasteiger partial charge in [-0.3, -0.25) is 9.69 Å². The summed E-state index contributed by atoms with van der Waals surface area (Å²) in [5.74, 6) is -0.114. The van der Waals surface area contributed by atoms with Crippen molar-refractivity contribution in [2.24, 2.45) is 0 Å². The second-order valence-corrected chi connectivity index (χ2v) is 4.95. The smallest absolute Gasteiger partial charge is 0.320 e. The molecule has 0 bridgehead atoms. The number of hydrogen-bond acceptors (Lipinski definition) is 5. The molecule has 0 radical (unpaired) electrons. The largest absolute Gasteiger partial charge is 0.465 e. The summed E-state index contributed by atoms with van der Waals surface area (Å²) in [6, 6.07) is 4.22. The molecule has 0 aromatic carbocycles. The molecular formula is C12H18N2O2S. The maximum absolute atomic E-state index is 11.3.